The van der Waals surface area contributed by atoms with Crippen LogP contribution in [-0.2, 0) is 5.41 Å². The lowest BCUT2D eigenvalue weighted by Crippen LogP contribution is -2.36. The summed E-state index contributed by atoms with van der Waals surface area (Å²) in [6.45, 7) is 4.66. The molecule has 0 fully saturated rings. The van der Waals surface area contributed by atoms with Crippen LogP contribution in [0.15, 0.2) is 125 Å². The van der Waals surface area contributed by atoms with E-state index in [2.05, 4.69) is 98.0 Å². The van der Waals surface area contributed by atoms with Gasteiger partial charge in [-0.2, -0.15) is 0 Å². The van der Waals surface area contributed by atoms with Crippen LogP contribution >= 0.6 is 0 Å². The van der Waals surface area contributed by atoms with Gasteiger partial charge < -0.3 is 5.32 Å². The number of aliphatic imine (C=N–C) groups is 2. The molecule has 0 saturated carbocycles. The number of rotatable bonds is 3. The smallest absolute Gasteiger partial charge is 0.169 e. The predicted molar refractivity (Wildman–Crippen MR) is 153 cm³/mol. The number of nitrogens with zero attached hydrogens (tertiary/aromatic N) is 2. The highest BCUT2D eigenvalue weighted by molar-refractivity contribution is 6.18. The number of fused-ring (bicyclic) bond motifs is 4. The second kappa shape index (κ2) is 8.28. The zero-order chi connectivity index (χ0) is 25.0. The SMILES string of the molecule is CC1(C)c2cc3ccccc3cc2-c2c(C3=NC(c4ccccc4)N=C(c4ccccc4)N3)cccc21. The Morgan fingerprint density at radius 2 is 1.24 bits per heavy atom. The molecule has 2 aliphatic rings. The van der Waals surface area contributed by atoms with E-state index in [-0.39, 0.29) is 11.6 Å². The van der Waals surface area contributed by atoms with Gasteiger partial charge in [0.25, 0.3) is 0 Å². The van der Waals surface area contributed by atoms with Crippen molar-refractivity contribution < 1.29 is 0 Å². The van der Waals surface area contributed by atoms with E-state index >= 15 is 0 Å². The van der Waals surface area contributed by atoms with Crippen molar-refractivity contribution >= 4 is 22.4 Å². The summed E-state index contributed by atoms with van der Waals surface area (Å²) in [5, 5.41) is 6.14. The molecule has 5 aromatic carbocycles. The zero-order valence-corrected chi connectivity index (χ0v) is 20.9. The van der Waals surface area contributed by atoms with Gasteiger partial charge in [0.15, 0.2) is 6.17 Å². The summed E-state index contributed by atoms with van der Waals surface area (Å²) in [7, 11) is 0. The number of hydrogen-bond donors (Lipinski definition) is 1. The highest BCUT2D eigenvalue weighted by Gasteiger charge is 2.38. The number of hydrogen-bond acceptors (Lipinski definition) is 3. The van der Waals surface area contributed by atoms with Crippen LogP contribution in [0.25, 0.3) is 21.9 Å². The van der Waals surface area contributed by atoms with E-state index in [1.54, 1.807) is 0 Å². The van der Waals surface area contributed by atoms with Crippen LogP contribution < -0.4 is 5.32 Å². The van der Waals surface area contributed by atoms with Crippen LogP contribution in [0.2, 0.25) is 0 Å². The average molecular weight is 478 g/mol. The molecule has 1 heterocycles. The Hall–Kier alpha value is -4.50. The molecule has 1 atom stereocenters. The molecule has 1 aliphatic carbocycles. The lowest BCUT2D eigenvalue weighted by atomic mass is 9.81. The van der Waals surface area contributed by atoms with E-state index in [4.69, 9.17) is 9.98 Å². The molecule has 3 heteroatoms. The molecule has 1 N–H and O–H groups in total. The second-order valence-corrected chi connectivity index (χ2v) is 10.3. The molecule has 0 bridgehead atoms. The summed E-state index contributed by atoms with van der Waals surface area (Å²) in [4.78, 5) is 10.2. The van der Waals surface area contributed by atoms with E-state index in [1.807, 2.05) is 36.4 Å². The van der Waals surface area contributed by atoms with Gasteiger partial charge in [-0.05, 0) is 50.7 Å². The minimum Gasteiger partial charge on any atom is -0.324 e. The van der Waals surface area contributed by atoms with Gasteiger partial charge in [-0.15, -0.1) is 0 Å². The van der Waals surface area contributed by atoms with Crippen LogP contribution in [0, 0.1) is 0 Å². The van der Waals surface area contributed by atoms with Crippen LogP contribution in [0.3, 0.4) is 0 Å². The predicted octanol–water partition coefficient (Wildman–Crippen LogP) is 7.64. The molecule has 1 aliphatic heterocycles. The maximum absolute atomic E-state index is 5.18. The fraction of sp³-hybridized carbons (Fsp3) is 0.118. The van der Waals surface area contributed by atoms with Crippen molar-refractivity contribution in [3.63, 3.8) is 0 Å². The summed E-state index contributed by atoms with van der Waals surface area (Å²) >= 11 is 0. The lowest BCUT2D eigenvalue weighted by Gasteiger charge is -2.24. The van der Waals surface area contributed by atoms with Crippen molar-refractivity contribution in [3.8, 4) is 11.1 Å². The molecule has 5 aromatic rings. The van der Waals surface area contributed by atoms with E-state index in [0.29, 0.717) is 0 Å². The first-order chi connectivity index (χ1) is 18.1. The summed E-state index contributed by atoms with van der Waals surface area (Å²) < 4.78 is 0. The Morgan fingerprint density at radius 1 is 0.595 bits per heavy atom. The summed E-state index contributed by atoms with van der Waals surface area (Å²) in [6.07, 6.45) is -0.311. The molecule has 3 nitrogen and oxygen atoms in total. The Bertz CT molecular complexity index is 1710. The highest BCUT2D eigenvalue weighted by Crippen LogP contribution is 2.51. The van der Waals surface area contributed by atoms with Gasteiger partial charge in [-0.3, -0.25) is 0 Å². The van der Waals surface area contributed by atoms with Crippen LogP contribution in [0.4, 0.5) is 0 Å². The monoisotopic (exact) mass is 477 g/mol. The van der Waals surface area contributed by atoms with Crippen LogP contribution in [0.5, 0.6) is 0 Å². The van der Waals surface area contributed by atoms with Crippen LogP contribution in [-0.4, -0.2) is 11.7 Å². The van der Waals surface area contributed by atoms with E-state index in [9.17, 15) is 0 Å². The maximum atomic E-state index is 5.18. The fourth-order valence-electron chi connectivity index (χ4n) is 5.77. The minimum atomic E-state index is -0.311. The molecule has 0 spiro atoms. The molecule has 7 rings (SSSR count). The molecule has 0 amide bonds. The number of nitrogens with one attached hydrogen (secondary N) is 1. The molecule has 0 saturated heterocycles. The van der Waals surface area contributed by atoms with Gasteiger partial charge in [0.1, 0.15) is 11.7 Å². The Morgan fingerprint density at radius 3 is 2.00 bits per heavy atom. The molecular weight excluding hydrogens is 450 g/mol. The van der Waals surface area contributed by atoms with Crippen molar-refractivity contribution in [1.82, 2.24) is 5.32 Å². The molecule has 1 unspecified atom stereocenters. The standard InChI is InChI=1S/C34H27N3/c1-34(2)28-19-11-18-26(30(28)27-20-24-16-9-10-17-25(24)21-29(27)34)33-36-31(22-12-5-3-6-13-22)35-32(37-33)23-14-7-4-8-15-23/h3-21,31H,1-2H3,(H,35,36,37). The maximum Gasteiger partial charge on any atom is 0.169 e. The quantitative estimate of drug-likeness (QED) is 0.285. The largest absolute Gasteiger partial charge is 0.324 e. The first-order valence-corrected chi connectivity index (χ1v) is 12.8. The molecule has 178 valence electrons. The van der Waals surface area contributed by atoms with Gasteiger partial charge in [0, 0.05) is 16.5 Å². The topological polar surface area (TPSA) is 36.8 Å². The first kappa shape index (κ1) is 21.8. The fourth-order valence-corrected chi connectivity index (χ4v) is 5.77. The van der Waals surface area contributed by atoms with Crippen molar-refractivity contribution in [2.75, 3.05) is 0 Å². The molecule has 0 radical (unpaired) electrons. The normalized spacial score (nSPS) is 17.4. The van der Waals surface area contributed by atoms with E-state index in [0.717, 1.165) is 28.4 Å². The van der Waals surface area contributed by atoms with Crippen LogP contribution in [0.1, 0.15) is 47.8 Å². The summed E-state index contributed by atoms with van der Waals surface area (Å²) in [6, 6.07) is 40.6. The number of benzene rings is 5. The van der Waals surface area contributed by atoms with E-state index in [1.165, 1.54) is 33.0 Å². The Labute approximate surface area is 217 Å². The Balaban J connectivity index is 1.44. The van der Waals surface area contributed by atoms with E-state index < -0.39 is 0 Å². The third kappa shape index (κ3) is 3.50. The zero-order valence-electron chi connectivity index (χ0n) is 20.9. The lowest BCUT2D eigenvalue weighted by molar-refractivity contribution is 0.661. The van der Waals surface area contributed by atoms with Crippen molar-refractivity contribution in [2.45, 2.75) is 25.4 Å². The van der Waals surface area contributed by atoms with Gasteiger partial charge in [-0.1, -0.05) is 117 Å². The summed E-state index contributed by atoms with van der Waals surface area (Å²) in [5.41, 5.74) is 8.39. The average Bonchev–Trinajstić information content (AvgIpc) is 3.18. The number of amidine groups is 2. The third-order valence-corrected chi connectivity index (χ3v) is 7.71. The van der Waals surface area contributed by atoms with Crippen molar-refractivity contribution in [2.24, 2.45) is 9.98 Å². The Kier molecular flexibility index (Phi) is 4.87. The second-order valence-electron chi connectivity index (χ2n) is 10.3. The van der Waals surface area contributed by atoms with Crippen molar-refractivity contribution in [3.05, 3.63) is 143 Å². The first-order valence-electron chi connectivity index (χ1n) is 12.8. The van der Waals surface area contributed by atoms with Gasteiger partial charge >= 0.3 is 0 Å². The third-order valence-electron chi connectivity index (χ3n) is 7.71. The van der Waals surface area contributed by atoms with Gasteiger partial charge in [0.2, 0.25) is 0 Å². The van der Waals surface area contributed by atoms with Crippen molar-refractivity contribution in [1.29, 1.82) is 0 Å². The van der Waals surface area contributed by atoms with Gasteiger partial charge in [-0.25, -0.2) is 9.98 Å². The summed E-state index contributed by atoms with van der Waals surface area (Å²) in [5.74, 6) is 1.70. The minimum absolute atomic E-state index is 0.102. The molecular formula is C34H27N3. The molecule has 0 aromatic heterocycles. The highest BCUT2D eigenvalue weighted by atomic mass is 15.2. The molecule has 37 heavy (non-hydrogen) atoms. The van der Waals surface area contributed by atoms with Gasteiger partial charge in [0.05, 0.1) is 0 Å².